The molecule has 3 aliphatic carbocycles. The van der Waals surface area contributed by atoms with Gasteiger partial charge in [0.15, 0.2) is 0 Å². The molecule has 1 fully saturated rings. The SMILES string of the molecule is Cc1ccncc1Nc1ccc2c(c1)CCC1=C3C[C@@H](O)C[C@]3(C)CC[C@]12C. The quantitative estimate of drug-likeness (QED) is 0.674. The van der Waals surface area contributed by atoms with Gasteiger partial charge in [-0.25, -0.2) is 0 Å². The molecule has 5 rings (SSSR count). The minimum absolute atomic E-state index is 0.134. The summed E-state index contributed by atoms with van der Waals surface area (Å²) < 4.78 is 0. The molecule has 0 radical (unpaired) electrons. The molecular weight excluding hydrogens is 344 g/mol. The number of aliphatic hydroxyl groups excluding tert-OH is 1. The Morgan fingerprint density at radius 1 is 1.11 bits per heavy atom. The van der Waals surface area contributed by atoms with Gasteiger partial charge in [-0.15, -0.1) is 0 Å². The highest BCUT2D eigenvalue weighted by Gasteiger charge is 2.50. The zero-order valence-electron chi connectivity index (χ0n) is 17.2. The van der Waals surface area contributed by atoms with Gasteiger partial charge in [-0.2, -0.15) is 0 Å². The van der Waals surface area contributed by atoms with E-state index in [-0.39, 0.29) is 16.9 Å². The molecule has 2 aromatic rings. The van der Waals surface area contributed by atoms with Crippen molar-refractivity contribution in [2.75, 3.05) is 5.32 Å². The number of rotatable bonds is 2. The number of pyridine rings is 1. The summed E-state index contributed by atoms with van der Waals surface area (Å²) in [7, 11) is 0. The highest BCUT2D eigenvalue weighted by atomic mass is 16.3. The summed E-state index contributed by atoms with van der Waals surface area (Å²) in [6.07, 6.45) is 10.0. The number of aromatic nitrogens is 1. The maximum absolute atomic E-state index is 10.3. The monoisotopic (exact) mass is 374 g/mol. The molecular formula is C25H30N2O. The number of benzene rings is 1. The lowest BCUT2D eigenvalue weighted by molar-refractivity contribution is 0.157. The minimum atomic E-state index is -0.148. The van der Waals surface area contributed by atoms with Crippen molar-refractivity contribution >= 4 is 11.4 Å². The highest BCUT2D eigenvalue weighted by molar-refractivity contribution is 5.65. The molecule has 3 aliphatic rings. The van der Waals surface area contributed by atoms with Crippen LogP contribution < -0.4 is 5.32 Å². The van der Waals surface area contributed by atoms with E-state index in [1.165, 1.54) is 29.5 Å². The third-order valence-corrected chi connectivity index (χ3v) is 7.72. The number of nitrogens with zero attached hydrogens (tertiary/aromatic N) is 1. The first-order chi connectivity index (χ1) is 13.4. The lowest BCUT2D eigenvalue weighted by atomic mass is 9.56. The van der Waals surface area contributed by atoms with Crippen LogP contribution in [0.4, 0.5) is 11.4 Å². The standard InChI is InChI=1S/C25H30N2O/c1-16-8-11-26-15-23(16)27-18-5-7-20-17(12-18)4-6-21-22-13-19(28)14-24(22,2)9-10-25(20,21)3/h5,7-8,11-12,15,19,27-28H,4,6,9-10,13-14H2,1-3H3/t19-,24+,25+/m1/s1. The van der Waals surface area contributed by atoms with Crippen LogP contribution in [0.25, 0.3) is 0 Å². The fourth-order valence-electron chi connectivity index (χ4n) is 6.10. The Morgan fingerprint density at radius 3 is 2.79 bits per heavy atom. The summed E-state index contributed by atoms with van der Waals surface area (Å²) in [6.45, 7) is 6.93. The maximum Gasteiger partial charge on any atom is 0.0600 e. The third-order valence-electron chi connectivity index (χ3n) is 7.72. The fourth-order valence-corrected chi connectivity index (χ4v) is 6.10. The zero-order chi connectivity index (χ0) is 19.5. The number of nitrogens with one attached hydrogen (secondary N) is 1. The zero-order valence-corrected chi connectivity index (χ0v) is 17.2. The van der Waals surface area contributed by atoms with Crippen LogP contribution in [0, 0.1) is 12.3 Å². The highest BCUT2D eigenvalue weighted by Crippen LogP contribution is 2.59. The summed E-state index contributed by atoms with van der Waals surface area (Å²) in [6, 6.07) is 8.94. The van der Waals surface area contributed by atoms with Gasteiger partial charge in [0.2, 0.25) is 0 Å². The maximum atomic E-state index is 10.3. The van der Waals surface area contributed by atoms with Crippen molar-refractivity contribution in [1.29, 1.82) is 0 Å². The Bertz CT molecular complexity index is 978. The summed E-state index contributed by atoms with van der Waals surface area (Å²) in [5, 5.41) is 13.9. The molecule has 1 saturated carbocycles. The predicted molar refractivity (Wildman–Crippen MR) is 114 cm³/mol. The Kier molecular flexibility index (Phi) is 3.96. The smallest absolute Gasteiger partial charge is 0.0600 e. The van der Waals surface area contributed by atoms with Crippen LogP contribution in [0.1, 0.15) is 62.6 Å². The van der Waals surface area contributed by atoms with E-state index in [9.17, 15) is 5.11 Å². The van der Waals surface area contributed by atoms with Gasteiger partial charge in [-0.1, -0.05) is 31.1 Å². The van der Waals surface area contributed by atoms with Crippen LogP contribution in [-0.4, -0.2) is 16.2 Å². The predicted octanol–water partition coefficient (Wildman–Crippen LogP) is 5.59. The van der Waals surface area contributed by atoms with E-state index in [0.717, 1.165) is 37.1 Å². The molecule has 1 heterocycles. The van der Waals surface area contributed by atoms with E-state index in [1.54, 1.807) is 11.1 Å². The van der Waals surface area contributed by atoms with Crippen molar-refractivity contribution in [3.05, 3.63) is 64.5 Å². The fraction of sp³-hybridized carbons (Fsp3) is 0.480. The first-order valence-corrected chi connectivity index (χ1v) is 10.6. The van der Waals surface area contributed by atoms with Crippen LogP contribution in [0.5, 0.6) is 0 Å². The van der Waals surface area contributed by atoms with Crippen LogP contribution >= 0.6 is 0 Å². The summed E-state index contributed by atoms with van der Waals surface area (Å²) >= 11 is 0. The van der Waals surface area contributed by atoms with E-state index in [0.29, 0.717) is 0 Å². The molecule has 28 heavy (non-hydrogen) atoms. The molecule has 3 nitrogen and oxygen atoms in total. The Morgan fingerprint density at radius 2 is 1.96 bits per heavy atom. The van der Waals surface area contributed by atoms with Crippen molar-refractivity contribution in [1.82, 2.24) is 4.98 Å². The lowest BCUT2D eigenvalue weighted by Gasteiger charge is -2.48. The lowest BCUT2D eigenvalue weighted by Crippen LogP contribution is -2.38. The molecule has 146 valence electrons. The van der Waals surface area contributed by atoms with Crippen molar-refractivity contribution in [2.24, 2.45) is 5.41 Å². The van der Waals surface area contributed by atoms with Crippen molar-refractivity contribution in [3.8, 4) is 0 Å². The van der Waals surface area contributed by atoms with Gasteiger partial charge in [-0.05, 0) is 85.8 Å². The molecule has 0 amide bonds. The van der Waals surface area contributed by atoms with Gasteiger partial charge in [0.25, 0.3) is 0 Å². The topological polar surface area (TPSA) is 45.2 Å². The van der Waals surface area contributed by atoms with Crippen molar-refractivity contribution in [3.63, 3.8) is 0 Å². The number of aryl methyl sites for hydroxylation is 2. The normalized spacial score (nSPS) is 31.2. The second-order valence-electron chi connectivity index (χ2n) is 9.60. The number of hydrogen-bond acceptors (Lipinski definition) is 3. The molecule has 2 N–H and O–H groups in total. The largest absolute Gasteiger partial charge is 0.393 e. The van der Waals surface area contributed by atoms with E-state index in [4.69, 9.17) is 0 Å². The second-order valence-corrected chi connectivity index (χ2v) is 9.60. The summed E-state index contributed by atoms with van der Waals surface area (Å²) in [4.78, 5) is 4.25. The molecule has 0 unspecified atom stereocenters. The Balaban J connectivity index is 1.52. The summed E-state index contributed by atoms with van der Waals surface area (Å²) in [5.41, 5.74) is 9.96. The molecule has 0 aliphatic heterocycles. The van der Waals surface area contributed by atoms with Gasteiger partial charge in [-0.3, -0.25) is 4.98 Å². The molecule has 3 atom stereocenters. The van der Waals surface area contributed by atoms with Crippen LogP contribution in [0.2, 0.25) is 0 Å². The van der Waals surface area contributed by atoms with E-state index in [2.05, 4.69) is 49.3 Å². The number of anilines is 2. The van der Waals surface area contributed by atoms with Gasteiger partial charge >= 0.3 is 0 Å². The molecule has 0 spiro atoms. The second kappa shape index (κ2) is 6.18. The number of hydrogen-bond donors (Lipinski definition) is 2. The number of aliphatic hydroxyl groups is 1. The van der Waals surface area contributed by atoms with Crippen molar-refractivity contribution in [2.45, 2.75) is 70.8 Å². The Labute approximate surface area is 167 Å². The van der Waals surface area contributed by atoms with Gasteiger partial charge in [0.1, 0.15) is 0 Å². The summed E-state index contributed by atoms with van der Waals surface area (Å²) in [5.74, 6) is 0. The number of allylic oxidation sites excluding steroid dienone is 1. The van der Waals surface area contributed by atoms with Gasteiger partial charge in [0.05, 0.1) is 18.0 Å². The van der Waals surface area contributed by atoms with Gasteiger partial charge < -0.3 is 10.4 Å². The molecule has 0 saturated heterocycles. The van der Waals surface area contributed by atoms with Crippen LogP contribution in [-0.2, 0) is 11.8 Å². The number of fused-ring (bicyclic) bond motifs is 4. The van der Waals surface area contributed by atoms with Crippen LogP contribution in [0.3, 0.4) is 0 Å². The van der Waals surface area contributed by atoms with Crippen molar-refractivity contribution < 1.29 is 5.11 Å². The molecule has 0 bridgehead atoms. The van der Waals surface area contributed by atoms with E-state index >= 15 is 0 Å². The first-order valence-electron chi connectivity index (χ1n) is 10.6. The third kappa shape index (κ3) is 2.63. The first kappa shape index (κ1) is 17.9. The molecule has 3 heteroatoms. The average molecular weight is 375 g/mol. The average Bonchev–Trinajstić information content (AvgIpc) is 2.97. The van der Waals surface area contributed by atoms with Crippen LogP contribution in [0.15, 0.2) is 47.8 Å². The Hall–Kier alpha value is -2.13. The van der Waals surface area contributed by atoms with Gasteiger partial charge in [0, 0.05) is 17.3 Å². The molecule has 1 aromatic heterocycles. The molecule has 1 aromatic carbocycles. The van der Waals surface area contributed by atoms with E-state index in [1.807, 2.05) is 18.5 Å². The minimum Gasteiger partial charge on any atom is -0.393 e. The van der Waals surface area contributed by atoms with E-state index < -0.39 is 0 Å².